The molecule has 1 rings (SSSR count). The molecule has 1 unspecified atom stereocenters. The molecule has 0 heterocycles. The van der Waals surface area contributed by atoms with Crippen molar-refractivity contribution in [1.82, 2.24) is 0 Å². The van der Waals surface area contributed by atoms with Gasteiger partial charge in [0.05, 0.1) is 0 Å². The molecule has 0 spiro atoms. The van der Waals surface area contributed by atoms with Gasteiger partial charge in [0.15, 0.2) is 5.78 Å². The van der Waals surface area contributed by atoms with Crippen LogP contribution in [0.5, 0.6) is 0 Å². The molecule has 1 aromatic rings. The Morgan fingerprint density at radius 2 is 2.19 bits per heavy atom. The molecule has 1 aromatic carbocycles. The predicted octanol–water partition coefficient (Wildman–Crippen LogP) is 2.83. The van der Waals surface area contributed by atoms with Crippen LogP contribution in [0.4, 0.5) is 4.39 Å². The van der Waals surface area contributed by atoms with Gasteiger partial charge in [0.1, 0.15) is 5.82 Å². The number of halogens is 1. The number of ketones is 1. The maximum absolute atomic E-state index is 13.2. The molecule has 0 radical (unpaired) electrons. The molecule has 0 saturated heterocycles. The first-order chi connectivity index (χ1) is 7.50. The third-order valence-corrected chi connectivity index (χ3v) is 2.56. The number of nitrogens with two attached hydrogens (primary N) is 1. The highest BCUT2D eigenvalue weighted by Gasteiger charge is 2.08. The van der Waals surface area contributed by atoms with Crippen LogP contribution >= 0.6 is 0 Å². The number of carbonyl (C=O) groups is 1. The molecular formula is C13H18FNO. The van der Waals surface area contributed by atoms with Gasteiger partial charge >= 0.3 is 0 Å². The van der Waals surface area contributed by atoms with E-state index in [0.717, 1.165) is 12.8 Å². The standard InChI is InChI=1S/C13H18FNO/c1-9-6-7-11(8-12(9)14)13(16)5-3-4-10(2)15/h6-8,10H,3-5,15H2,1-2H3. The fourth-order valence-electron chi connectivity index (χ4n) is 1.50. The summed E-state index contributed by atoms with van der Waals surface area (Å²) >= 11 is 0. The summed E-state index contributed by atoms with van der Waals surface area (Å²) in [5.41, 5.74) is 6.60. The number of aryl methyl sites for hydroxylation is 1. The van der Waals surface area contributed by atoms with Crippen molar-refractivity contribution >= 4 is 5.78 Å². The number of benzene rings is 1. The first kappa shape index (κ1) is 12.8. The van der Waals surface area contributed by atoms with Crippen molar-refractivity contribution in [2.75, 3.05) is 0 Å². The van der Waals surface area contributed by atoms with E-state index >= 15 is 0 Å². The van der Waals surface area contributed by atoms with E-state index in [-0.39, 0.29) is 17.6 Å². The fourth-order valence-corrected chi connectivity index (χ4v) is 1.50. The molecule has 2 N–H and O–H groups in total. The lowest BCUT2D eigenvalue weighted by molar-refractivity contribution is 0.0978. The highest BCUT2D eigenvalue weighted by molar-refractivity contribution is 5.96. The molecule has 3 heteroatoms. The topological polar surface area (TPSA) is 43.1 Å². The minimum absolute atomic E-state index is 0.0143. The van der Waals surface area contributed by atoms with Gasteiger partial charge in [-0.15, -0.1) is 0 Å². The number of rotatable bonds is 5. The molecule has 0 aliphatic heterocycles. The molecule has 2 nitrogen and oxygen atoms in total. The Labute approximate surface area is 95.7 Å². The Morgan fingerprint density at radius 3 is 2.75 bits per heavy atom. The predicted molar refractivity (Wildman–Crippen MR) is 63.0 cm³/mol. The normalized spacial score (nSPS) is 12.5. The van der Waals surface area contributed by atoms with Gasteiger partial charge in [-0.25, -0.2) is 4.39 Å². The third-order valence-electron chi connectivity index (χ3n) is 2.56. The van der Waals surface area contributed by atoms with Gasteiger partial charge in [-0.05, 0) is 38.3 Å². The van der Waals surface area contributed by atoms with E-state index in [1.54, 1.807) is 19.1 Å². The largest absolute Gasteiger partial charge is 0.328 e. The molecule has 88 valence electrons. The smallest absolute Gasteiger partial charge is 0.162 e. The van der Waals surface area contributed by atoms with Crippen LogP contribution in [0.3, 0.4) is 0 Å². The summed E-state index contributed by atoms with van der Waals surface area (Å²) in [7, 11) is 0. The Hall–Kier alpha value is -1.22. The number of carbonyl (C=O) groups excluding carboxylic acids is 1. The van der Waals surface area contributed by atoms with Gasteiger partial charge in [-0.1, -0.05) is 12.1 Å². The van der Waals surface area contributed by atoms with Crippen molar-refractivity contribution in [2.24, 2.45) is 5.73 Å². The fraction of sp³-hybridized carbons (Fsp3) is 0.462. The van der Waals surface area contributed by atoms with E-state index in [9.17, 15) is 9.18 Å². The number of Topliss-reactive ketones (excluding diaryl/α,β-unsaturated/α-hetero) is 1. The van der Waals surface area contributed by atoms with Crippen LogP contribution in [0.25, 0.3) is 0 Å². The van der Waals surface area contributed by atoms with Crippen molar-refractivity contribution in [3.63, 3.8) is 0 Å². The molecule has 0 saturated carbocycles. The molecule has 0 amide bonds. The minimum Gasteiger partial charge on any atom is -0.328 e. The summed E-state index contributed by atoms with van der Waals surface area (Å²) in [5.74, 6) is -0.336. The first-order valence-corrected chi connectivity index (χ1v) is 5.55. The van der Waals surface area contributed by atoms with E-state index in [0.29, 0.717) is 17.5 Å². The average molecular weight is 223 g/mol. The van der Waals surface area contributed by atoms with E-state index in [4.69, 9.17) is 5.73 Å². The SMILES string of the molecule is Cc1ccc(C(=O)CCCC(C)N)cc1F. The molecule has 1 atom stereocenters. The van der Waals surface area contributed by atoms with E-state index < -0.39 is 0 Å². The van der Waals surface area contributed by atoms with Crippen LogP contribution in [0.1, 0.15) is 42.1 Å². The summed E-state index contributed by atoms with van der Waals surface area (Å²) in [4.78, 5) is 11.7. The average Bonchev–Trinajstić information content (AvgIpc) is 2.21. The summed E-state index contributed by atoms with van der Waals surface area (Å²) in [6.07, 6.45) is 2.01. The van der Waals surface area contributed by atoms with Crippen molar-refractivity contribution in [3.8, 4) is 0 Å². The zero-order valence-electron chi connectivity index (χ0n) is 9.79. The minimum atomic E-state index is -0.321. The zero-order valence-corrected chi connectivity index (χ0v) is 9.79. The highest BCUT2D eigenvalue weighted by Crippen LogP contribution is 2.12. The summed E-state index contributed by atoms with van der Waals surface area (Å²) in [5, 5.41) is 0. The summed E-state index contributed by atoms with van der Waals surface area (Å²) < 4.78 is 13.2. The van der Waals surface area contributed by atoms with Crippen molar-refractivity contribution in [2.45, 2.75) is 39.2 Å². The quantitative estimate of drug-likeness (QED) is 0.780. The Bertz CT molecular complexity index is 374. The van der Waals surface area contributed by atoms with E-state index in [1.165, 1.54) is 6.07 Å². The van der Waals surface area contributed by atoms with Crippen LogP contribution in [0, 0.1) is 12.7 Å². The van der Waals surface area contributed by atoms with Gasteiger partial charge in [-0.3, -0.25) is 4.79 Å². The molecule has 0 aliphatic rings. The van der Waals surface area contributed by atoms with Gasteiger partial charge in [0.25, 0.3) is 0 Å². The maximum Gasteiger partial charge on any atom is 0.162 e. The molecule has 0 aromatic heterocycles. The Balaban J connectivity index is 2.56. The maximum atomic E-state index is 13.2. The summed E-state index contributed by atoms with van der Waals surface area (Å²) in [6, 6.07) is 4.73. The van der Waals surface area contributed by atoms with Crippen molar-refractivity contribution in [3.05, 3.63) is 35.1 Å². The van der Waals surface area contributed by atoms with Gasteiger partial charge in [-0.2, -0.15) is 0 Å². The van der Waals surface area contributed by atoms with Gasteiger partial charge in [0.2, 0.25) is 0 Å². The van der Waals surface area contributed by atoms with Gasteiger partial charge < -0.3 is 5.73 Å². The molecular weight excluding hydrogens is 205 g/mol. The lowest BCUT2D eigenvalue weighted by atomic mass is 10.0. The second-order valence-electron chi connectivity index (χ2n) is 4.26. The van der Waals surface area contributed by atoms with Crippen molar-refractivity contribution < 1.29 is 9.18 Å². The van der Waals surface area contributed by atoms with Crippen LogP contribution < -0.4 is 5.73 Å². The lowest BCUT2D eigenvalue weighted by Gasteiger charge is -2.05. The van der Waals surface area contributed by atoms with Crippen molar-refractivity contribution in [1.29, 1.82) is 0 Å². The molecule has 0 bridgehead atoms. The summed E-state index contributed by atoms with van der Waals surface area (Å²) in [6.45, 7) is 3.59. The second-order valence-corrected chi connectivity index (χ2v) is 4.26. The number of hydrogen-bond acceptors (Lipinski definition) is 2. The second kappa shape index (κ2) is 5.75. The van der Waals surface area contributed by atoms with Crippen LogP contribution in [0.2, 0.25) is 0 Å². The monoisotopic (exact) mass is 223 g/mol. The molecule has 0 fully saturated rings. The highest BCUT2D eigenvalue weighted by atomic mass is 19.1. The molecule has 0 aliphatic carbocycles. The Kier molecular flexibility index (Phi) is 4.62. The van der Waals surface area contributed by atoms with Crippen LogP contribution in [-0.4, -0.2) is 11.8 Å². The van der Waals surface area contributed by atoms with E-state index in [2.05, 4.69) is 0 Å². The number of hydrogen-bond donors (Lipinski definition) is 1. The Morgan fingerprint density at radius 1 is 1.50 bits per heavy atom. The first-order valence-electron chi connectivity index (χ1n) is 5.55. The molecule has 16 heavy (non-hydrogen) atoms. The van der Waals surface area contributed by atoms with Crippen LogP contribution in [-0.2, 0) is 0 Å². The van der Waals surface area contributed by atoms with Crippen LogP contribution in [0.15, 0.2) is 18.2 Å². The van der Waals surface area contributed by atoms with Gasteiger partial charge in [0, 0.05) is 18.0 Å². The van der Waals surface area contributed by atoms with E-state index in [1.807, 2.05) is 6.92 Å². The zero-order chi connectivity index (χ0) is 12.1. The lowest BCUT2D eigenvalue weighted by Crippen LogP contribution is -2.14. The third kappa shape index (κ3) is 3.74.